The van der Waals surface area contributed by atoms with Gasteiger partial charge in [-0.05, 0) is 31.2 Å². The molecule has 7 nitrogen and oxygen atoms in total. The van der Waals surface area contributed by atoms with E-state index in [1.165, 1.54) is 0 Å². The Balaban J connectivity index is 1.87. The normalized spacial score (nSPS) is 11.2. The number of rotatable bonds is 5. The van der Waals surface area contributed by atoms with Crippen molar-refractivity contribution in [2.45, 2.75) is 33.2 Å². The summed E-state index contributed by atoms with van der Waals surface area (Å²) in [5.41, 5.74) is 2.43. The number of carbonyl (C=O) groups is 2. The highest BCUT2D eigenvalue weighted by atomic mass is 16.5. The summed E-state index contributed by atoms with van der Waals surface area (Å²) in [6.45, 7) is 5.51. The molecule has 25 heavy (non-hydrogen) atoms. The molecule has 2 aromatic heterocycles. The third-order valence-corrected chi connectivity index (χ3v) is 3.98. The minimum atomic E-state index is -0.904. The number of aliphatic carboxylic acids is 1. The van der Waals surface area contributed by atoms with Crippen molar-refractivity contribution >= 4 is 28.5 Å². The predicted molar refractivity (Wildman–Crippen MR) is 92.9 cm³/mol. The predicted octanol–water partition coefficient (Wildman–Crippen LogP) is 3.40. The van der Waals surface area contributed by atoms with Crippen molar-refractivity contribution in [2.24, 2.45) is 0 Å². The van der Waals surface area contributed by atoms with Gasteiger partial charge < -0.3 is 19.5 Å². The van der Waals surface area contributed by atoms with E-state index < -0.39 is 5.97 Å². The minimum Gasteiger partial charge on any atom is -0.480 e. The Morgan fingerprint density at radius 2 is 2.08 bits per heavy atom. The Hall–Kier alpha value is -3.09. The molecule has 0 atom stereocenters. The highest BCUT2D eigenvalue weighted by Crippen LogP contribution is 2.25. The summed E-state index contributed by atoms with van der Waals surface area (Å²) in [5.74, 6) is -0.566. The highest BCUT2D eigenvalue weighted by molar-refractivity contribution is 6.06. The fourth-order valence-corrected chi connectivity index (χ4v) is 2.81. The average molecular weight is 341 g/mol. The lowest BCUT2D eigenvalue weighted by Gasteiger charge is -2.08. The number of anilines is 1. The number of fused-ring (bicyclic) bond motifs is 1. The number of hydrogen-bond donors (Lipinski definition) is 2. The van der Waals surface area contributed by atoms with Gasteiger partial charge in [-0.15, -0.1) is 0 Å². The van der Waals surface area contributed by atoms with Crippen molar-refractivity contribution < 1.29 is 19.2 Å². The third kappa shape index (κ3) is 3.26. The number of aryl methyl sites for hydroxylation is 1. The van der Waals surface area contributed by atoms with Gasteiger partial charge in [0.05, 0.1) is 5.69 Å². The van der Waals surface area contributed by atoms with E-state index in [1.807, 2.05) is 26.0 Å². The molecule has 0 spiro atoms. The van der Waals surface area contributed by atoms with Crippen molar-refractivity contribution in [3.8, 4) is 0 Å². The zero-order valence-corrected chi connectivity index (χ0v) is 14.2. The smallest absolute Gasteiger partial charge is 0.323 e. The van der Waals surface area contributed by atoms with Gasteiger partial charge in [0, 0.05) is 28.7 Å². The fraction of sp³-hybridized carbons (Fsp3) is 0.278. The Bertz CT molecular complexity index is 953. The van der Waals surface area contributed by atoms with Gasteiger partial charge in [0.2, 0.25) is 0 Å². The number of carboxylic acid groups (broad SMARTS) is 1. The number of hydrogen-bond acceptors (Lipinski definition) is 4. The molecule has 2 N–H and O–H groups in total. The Morgan fingerprint density at radius 3 is 2.76 bits per heavy atom. The van der Waals surface area contributed by atoms with Gasteiger partial charge in [-0.3, -0.25) is 9.59 Å². The van der Waals surface area contributed by atoms with E-state index in [4.69, 9.17) is 9.63 Å². The molecular formula is C18H19N3O4. The molecular weight excluding hydrogens is 322 g/mol. The molecule has 0 bridgehead atoms. The Labute approximate surface area is 144 Å². The largest absolute Gasteiger partial charge is 0.480 e. The molecule has 0 saturated carbocycles. The van der Waals surface area contributed by atoms with Crippen LogP contribution in [0.25, 0.3) is 10.9 Å². The molecule has 0 aliphatic carbocycles. The molecule has 0 aliphatic rings. The van der Waals surface area contributed by atoms with Crippen LogP contribution in [0, 0.1) is 6.92 Å². The molecule has 3 aromatic rings. The topological polar surface area (TPSA) is 97.4 Å². The number of carboxylic acids is 1. The first kappa shape index (κ1) is 16.8. The second-order valence-corrected chi connectivity index (χ2v) is 6.23. The summed E-state index contributed by atoms with van der Waals surface area (Å²) < 4.78 is 6.90. The van der Waals surface area contributed by atoms with Crippen LogP contribution in [0.3, 0.4) is 0 Å². The molecule has 0 saturated heterocycles. The van der Waals surface area contributed by atoms with Crippen LogP contribution in [0.1, 0.15) is 41.6 Å². The van der Waals surface area contributed by atoms with Crippen molar-refractivity contribution in [1.29, 1.82) is 0 Å². The summed E-state index contributed by atoms with van der Waals surface area (Å²) in [6.07, 6.45) is 1.71. The van der Waals surface area contributed by atoms with Crippen LogP contribution >= 0.6 is 0 Å². The van der Waals surface area contributed by atoms with Crippen molar-refractivity contribution in [2.75, 3.05) is 5.32 Å². The second-order valence-electron chi connectivity index (χ2n) is 6.23. The van der Waals surface area contributed by atoms with Gasteiger partial charge in [0.1, 0.15) is 12.1 Å². The summed E-state index contributed by atoms with van der Waals surface area (Å²) in [7, 11) is 0. The van der Waals surface area contributed by atoms with Crippen molar-refractivity contribution in [3.63, 3.8) is 0 Å². The van der Waals surface area contributed by atoms with E-state index in [9.17, 15) is 9.59 Å². The lowest BCUT2D eigenvalue weighted by molar-refractivity contribution is -0.137. The van der Waals surface area contributed by atoms with Crippen LogP contribution in [0.5, 0.6) is 0 Å². The first-order valence-electron chi connectivity index (χ1n) is 7.95. The second kappa shape index (κ2) is 6.43. The van der Waals surface area contributed by atoms with E-state index in [2.05, 4.69) is 10.5 Å². The number of aromatic nitrogens is 2. The van der Waals surface area contributed by atoms with Gasteiger partial charge in [-0.2, -0.15) is 0 Å². The summed E-state index contributed by atoms with van der Waals surface area (Å²) in [5, 5.41) is 16.5. The maximum absolute atomic E-state index is 12.6. The Kier molecular flexibility index (Phi) is 4.31. The van der Waals surface area contributed by atoms with E-state index in [-0.39, 0.29) is 18.4 Å². The maximum atomic E-state index is 12.6. The van der Waals surface area contributed by atoms with Gasteiger partial charge in [-0.1, -0.05) is 19.0 Å². The summed E-state index contributed by atoms with van der Waals surface area (Å²) in [6, 6.07) is 7.16. The monoisotopic (exact) mass is 341 g/mol. The number of nitrogens with one attached hydrogen (secondary N) is 1. The van der Waals surface area contributed by atoms with Crippen LogP contribution in [-0.4, -0.2) is 26.7 Å². The van der Waals surface area contributed by atoms with Crippen LogP contribution in [-0.2, 0) is 11.3 Å². The number of nitrogens with zero attached hydrogens (tertiary/aromatic N) is 2. The molecule has 1 amide bonds. The molecule has 1 aromatic carbocycles. The fourth-order valence-electron chi connectivity index (χ4n) is 2.81. The first-order valence-corrected chi connectivity index (χ1v) is 7.95. The number of benzene rings is 1. The zero-order chi connectivity index (χ0) is 18.1. The van der Waals surface area contributed by atoms with E-state index in [0.717, 1.165) is 10.9 Å². The molecule has 3 rings (SSSR count). The molecule has 0 unspecified atom stereocenters. The van der Waals surface area contributed by atoms with Crippen molar-refractivity contribution in [1.82, 2.24) is 9.72 Å². The average Bonchev–Trinajstić information content (AvgIpc) is 3.10. The molecule has 2 heterocycles. The minimum absolute atomic E-state index is 0.0504. The molecule has 0 fully saturated rings. The van der Waals surface area contributed by atoms with Gasteiger partial charge >= 0.3 is 5.97 Å². The van der Waals surface area contributed by atoms with E-state index in [0.29, 0.717) is 22.7 Å². The van der Waals surface area contributed by atoms with E-state index in [1.54, 1.807) is 29.8 Å². The van der Waals surface area contributed by atoms with Crippen LogP contribution < -0.4 is 5.32 Å². The van der Waals surface area contributed by atoms with Crippen molar-refractivity contribution in [3.05, 3.63) is 47.5 Å². The lowest BCUT2D eigenvalue weighted by atomic mass is 10.0. The Morgan fingerprint density at radius 1 is 1.32 bits per heavy atom. The zero-order valence-electron chi connectivity index (χ0n) is 14.2. The summed E-state index contributed by atoms with van der Waals surface area (Å²) in [4.78, 5) is 23.5. The van der Waals surface area contributed by atoms with Crippen LogP contribution in [0.15, 0.2) is 35.0 Å². The SMILES string of the molecule is Cc1noc(C(C)C)c1C(=O)Nc1ccc2c(ccn2CC(=O)O)c1. The quantitative estimate of drug-likeness (QED) is 0.741. The standard InChI is InChI=1S/C18H19N3O4/c1-10(2)17-16(11(3)20-25-17)18(24)19-13-4-5-14-12(8-13)6-7-21(14)9-15(22)23/h4-8,10H,9H2,1-3H3,(H,19,24)(H,22,23). The molecule has 130 valence electrons. The summed E-state index contributed by atoms with van der Waals surface area (Å²) >= 11 is 0. The molecule has 0 radical (unpaired) electrons. The molecule has 7 heteroatoms. The highest BCUT2D eigenvalue weighted by Gasteiger charge is 2.22. The number of carbonyl (C=O) groups excluding carboxylic acids is 1. The number of amides is 1. The van der Waals surface area contributed by atoms with Gasteiger partial charge in [0.25, 0.3) is 5.91 Å². The van der Waals surface area contributed by atoms with E-state index >= 15 is 0 Å². The molecule has 0 aliphatic heterocycles. The lowest BCUT2D eigenvalue weighted by Crippen LogP contribution is -2.14. The maximum Gasteiger partial charge on any atom is 0.323 e. The van der Waals surface area contributed by atoms with Gasteiger partial charge in [0.15, 0.2) is 5.76 Å². The van der Waals surface area contributed by atoms with Crippen LogP contribution in [0.4, 0.5) is 5.69 Å². The third-order valence-electron chi connectivity index (χ3n) is 3.98. The van der Waals surface area contributed by atoms with Crippen LogP contribution in [0.2, 0.25) is 0 Å². The van der Waals surface area contributed by atoms with Gasteiger partial charge in [-0.25, -0.2) is 0 Å². The first-order chi connectivity index (χ1) is 11.9.